The first-order chi connectivity index (χ1) is 10.0. The lowest BCUT2D eigenvalue weighted by molar-refractivity contribution is 0.395. The van der Waals surface area contributed by atoms with E-state index >= 15 is 0 Å². The highest BCUT2D eigenvalue weighted by Gasteiger charge is 2.11. The number of rotatable bonds is 5. The topological polar surface area (TPSA) is 64.2 Å². The maximum atomic E-state index is 11.8. The van der Waals surface area contributed by atoms with Gasteiger partial charge in [0, 0.05) is 17.8 Å². The molecule has 0 aliphatic rings. The third kappa shape index (κ3) is 3.62. The molecule has 0 amide bonds. The zero-order valence-corrected chi connectivity index (χ0v) is 12.8. The molecule has 21 heavy (non-hydrogen) atoms. The van der Waals surface area contributed by atoms with Crippen LogP contribution in [0.1, 0.15) is 19.5 Å². The van der Waals surface area contributed by atoms with Crippen molar-refractivity contribution in [3.05, 3.63) is 40.3 Å². The maximum Gasteiger partial charge on any atom is 0.251 e. The predicted molar refractivity (Wildman–Crippen MR) is 81.9 cm³/mol. The number of nitrogens with zero attached hydrogens (tertiary/aromatic N) is 1. The number of aromatic nitrogens is 2. The lowest BCUT2D eigenvalue weighted by Gasteiger charge is -2.11. The minimum absolute atomic E-state index is 0.159. The molecule has 0 radical (unpaired) electrons. The van der Waals surface area contributed by atoms with E-state index in [2.05, 4.69) is 23.8 Å². The molecule has 2 rings (SSSR count). The molecule has 0 bridgehead atoms. The summed E-state index contributed by atoms with van der Waals surface area (Å²) in [5, 5.41) is 0. The first kappa shape index (κ1) is 15.1. The number of hydrogen-bond donors (Lipinski definition) is 1. The summed E-state index contributed by atoms with van der Waals surface area (Å²) in [4.78, 5) is 19.1. The second-order valence-electron chi connectivity index (χ2n) is 5.25. The molecular formula is C16H20N2O3. The van der Waals surface area contributed by atoms with Crippen LogP contribution in [0.5, 0.6) is 11.5 Å². The van der Waals surface area contributed by atoms with E-state index in [0.717, 1.165) is 17.7 Å². The third-order valence-corrected chi connectivity index (χ3v) is 3.08. The van der Waals surface area contributed by atoms with Gasteiger partial charge in [-0.25, -0.2) is 4.98 Å². The van der Waals surface area contributed by atoms with Gasteiger partial charge in [0.05, 0.1) is 19.8 Å². The van der Waals surface area contributed by atoms with Gasteiger partial charge in [0.15, 0.2) is 0 Å². The zero-order chi connectivity index (χ0) is 15.4. The SMILES string of the molecule is COc1ccc(-c2nc(CC(C)C)cc(=O)[nH]2)c(OC)c1. The molecule has 0 fully saturated rings. The molecule has 1 aromatic carbocycles. The molecule has 0 unspecified atom stereocenters. The van der Waals surface area contributed by atoms with Gasteiger partial charge in [-0.2, -0.15) is 0 Å². The van der Waals surface area contributed by atoms with Crippen LogP contribution >= 0.6 is 0 Å². The Bertz CT molecular complexity index is 677. The summed E-state index contributed by atoms with van der Waals surface area (Å²) >= 11 is 0. The van der Waals surface area contributed by atoms with Crippen molar-refractivity contribution in [2.75, 3.05) is 14.2 Å². The highest BCUT2D eigenvalue weighted by Crippen LogP contribution is 2.30. The van der Waals surface area contributed by atoms with Crippen molar-refractivity contribution >= 4 is 0 Å². The Morgan fingerprint density at radius 2 is 1.95 bits per heavy atom. The number of H-pyrrole nitrogens is 1. The molecule has 0 saturated carbocycles. The molecule has 112 valence electrons. The van der Waals surface area contributed by atoms with Crippen LogP contribution in [0.25, 0.3) is 11.4 Å². The Hall–Kier alpha value is -2.30. The van der Waals surface area contributed by atoms with Crippen LogP contribution in [0.3, 0.4) is 0 Å². The summed E-state index contributed by atoms with van der Waals surface area (Å²) in [6.45, 7) is 4.19. The predicted octanol–water partition coefficient (Wildman–Crippen LogP) is 2.65. The summed E-state index contributed by atoms with van der Waals surface area (Å²) in [6.07, 6.45) is 0.759. The van der Waals surface area contributed by atoms with Gasteiger partial charge in [-0.15, -0.1) is 0 Å². The van der Waals surface area contributed by atoms with Crippen LogP contribution in [-0.4, -0.2) is 24.2 Å². The molecule has 0 aliphatic carbocycles. The number of benzene rings is 1. The van der Waals surface area contributed by atoms with Gasteiger partial charge in [0.25, 0.3) is 5.56 Å². The van der Waals surface area contributed by atoms with Crippen molar-refractivity contribution < 1.29 is 9.47 Å². The van der Waals surface area contributed by atoms with Crippen LogP contribution in [-0.2, 0) is 6.42 Å². The van der Waals surface area contributed by atoms with Gasteiger partial charge in [-0.05, 0) is 24.5 Å². The molecule has 2 aromatic rings. The van der Waals surface area contributed by atoms with Crippen molar-refractivity contribution in [1.29, 1.82) is 0 Å². The molecule has 1 heterocycles. The fourth-order valence-corrected chi connectivity index (χ4v) is 2.15. The van der Waals surface area contributed by atoms with Crippen molar-refractivity contribution in [2.24, 2.45) is 5.92 Å². The number of methoxy groups -OCH3 is 2. The quantitative estimate of drug-likeness (QED) is 0.918. The lowest BCUT2D eigenvalue weighted by Crippen LogP contribution is -2.12. The Morgan fingerprint density at radius 3 is 2.57 bits per heavy atom. The normalized spacial score (nSPS) is 10.7. The molecule has 0 saturated heterocycles. The van der Waals surface area contributed by atoms with Gasteiger partial charge >= 0.3 is 0 Å². The summed E-state index contributed by atoms with van der Waals surface area (Å²) in [7, 11) is 3.17. The van der Waals surface area contributed by atoms with Crippen LogP contribution < -0.4 is 15.0 Å². The first-order valence-electron chi connectivity index (χ1n) is 6.86. The molecule has 0 spiro atoms. The number of hydrogen-bond acceptors (Lipinski definition) is 4. The summed E-state index contributed by atoms with van der Waals surface area (Å²) in [6, 6.07) is 6.95. The van der Waals surface area contributed by atoms with Gasteiger partial charge in [-0.3, -0.25) is 4.79 Å². The fourth-order valence-electron chi connectivity index (χ4n) is 2.15. The van der Waals surface area contributed by atoms with E-state index in [1.165, 1.54) is 0 Å². The van der Waals surface area contributed by atoms with Gasteiger partial charge in [0.1, 0.15) is 17.3 Å². The molecular weight excluding hydrogens is 268 g/mol. The first-order valence-corrected chi connectivity index (χ1v) is 6.86. The second-order valence-corrected chi connectivity index (χ2v) is 5.25. The highest BCUT2D eigenvalue weighted by molar-refractivity contribution is 5.65. The van der Waals surface area contributed by atoms with Crippen molar-refractivity contribution in [3.63, 3.8) is 0 Å². The van der Waals surface area contributed by atoms with Gasteiger partial charge < -0.3 is 14.5 Å². The minimum atomic E-state index is -0.159. The van der Waals surface area contributed by atoms with Crippen LogP contribution in [0.15, 0.2) is 29.1 Å². The standard InChI is InChI=1S/C16H20N2O3/c1-10(2)7-11-8-15(19)18-16(17-11)13-6-5-12(20-3)9-14(13)21-4/h5-6,8-10H,7H2,1-4H3,(H,17,18,19). The van der Waals surface area contributed by atoms with Crippen LogP contribution in [0, 0.1) is 5.92 Å². The van der Waals surface area contributed by atoms with E-state index < -0.39 is 0 Å². The minimum Gasteiger partial charge on any atom is -0.497 e. The molecule has 5 nitrogen and oxygen atoms in total. The molecule has 1 aromatic heterocycles. The Morgan fingerprint density at radius 1 is 1.19 bits per heavy atom. The molecule has 1 N–H and O–H groups in total. The molecule has 0 atom stereocenters. The van der Waals surface area contributed by atoms with Crippen LogP contribution in [0.4, 0.5) is 0 Å². The summed E-state index contributed by atoms with van der Waals surface area (Å²) in [5.74, 6) is 2.25. The molecule has 5 heteroatoms. The number of ether oxygens (including phenoxy) is 2. The second kappa shape index (κ2) is 6.43. The largest absolute Gasteiger partial charge is 0.497 e. The van der Waals surface area contributed by atoms with Gasteiger partial charge in [0.2, 0.25) is 0 Å². The average Bonchev–Trinajstić information content (AvgIpc) is 2.45. The Labute approximate surface area is 124 Å². The van der Waals surface area contributed by atoms with E-state index in [9.17, 15) is 4.79 Å². The average molecular weight is 288 g/mol. The zero-order valence-electron chi connectivity index (χ0n) is 12.8. The fraction of sp³-hybridized carbons (Fsp3) is 0.375. The van der Waals surface area contributed by atoms with Crippen molar-refractivity contribution in [3.8, 4) is 22.9 Å². The third-order valence-electron chi connectivity index (χ3n) is 3.08. The van der Waals surface area contributed by atoms with E-state index in [1.54, 1.807) is 26.4 Å². The maximum absolute atomic E-state index is 11.8. The Balaban J connectivity index is 2.50. The summed E-state index contributed by atoms with van der Waals surface area (Å²) in [5.41, 5.74) is 1.36. The lowest BCUT2D eigenvalue weighted by atomic mass is 10.1. The van der Waals surface area contributed by atoms with Crippen molar-refractivity contribution in [2.45, 2.75) is 20.3 Å². The van der Waals surface area contributed by atoms with E-state index in [0.29, 0.717) is 23.2 Å². The smallest absolute Gasteiger partial charge is 0.251 e. The van der Waals surface area contributed by atoms with Crippen molar-refractivity contribution in [1.82, 2.24) is 9.97 Å². The van der Waals surface area contributed by atoms with E-state index in [-0.39, 0.29) is 5.56 Å². The molecule has 0 aliphatic heterocycles. The Kier molecular flexibility index (Phi) is 4.62. The van der Waals surface area contributed by atoms with E-state index in [4.69, 9.17) is 9.47 Å². The monoisotopic (exact) mass is 288 g/mol. The summed E-state index contributed by atoms with van der Waals surface area (Å²) < 4.78 is 10.5. The highest BCUT2D eigenvalue weighted by atomic mass is 16.5. The van der Waals surface area contributed by atoms with Crippen LogP contribution in [0.2, 0.25) is 0 Å². The van der Waals surface area contributed by atoms with E-state index in [1.807, 2.05) is 12.1 Å². The number of aromatic amines is 1. The van der Waals surface area contributed by atoms with Gasteiger partial charge in [-0.1, -0.05) is 13.8 Å². The number of nitrogens with one attached hydrogen (secondary N) is 1.